The van der Waals surface area contributed by atoms with Gasteiger partial charge in [0.1, 0.15) is 16.2 Å². The van der Waals surface area contributed by atoms with Crippen molar-refractivity contribution in [2.45, 2.75) is 4.90 Å². The lowest BCUT2D eigenvalue weighted by Gasteiger charge is -2.07. The fourth-order valence-corrected chi connectivity index (χ4v) is 3.06. The van der Waals surface area contributed by atoms with E-state index in [0.717, 1.165) is 12.1 Å². The predicted octanol–water partition coefficient (Wildman–Crippen LogP) is 2.04. The van der Waals surface area contributed by atoms with Crippen LogP contribution in [0, 0.1) is 11.9 Å². The number of aromatic nitrogens is 3. The minimum Gasteiger partial charge on any atom is -0.345 e. The highest BCUT2D eigenvalue weighted by Crippen LogP contribution is 2.24. The first-order valence-corrected chi connectivity index (χ1v) is 7.23. The van der Waals surface area contributed by atoms with Crippen molar-refractivity contribution in [2.24, 2.45) is 0 Å². The quantitative estimate of drug-likeness (QED) is 0.725. The summed E-state index contributed by atoms with van der Waals surface area (Å²) in [5, 5.41) is 0.362. The Balaban J connectivity index is 2.04. The molecule has 0 saturated carbocycles. The zero-order valence-corrected chi connectivity index (χ0v) is 11.2. The maximum absolute atomic E-state index is 13.4. The van der Waals surface area contributed by atoms with Gasteiger partial charge in [0.2, 0.25) is 11.9 Å². The zero-order valence-electron chi connectivity index (χ0n) is 10.3. The summed E-state index contributed by atoms with van der Waals surface area (Å²) >= 11 is 0. The molecule has 0 bridgehead atoms. The van der Waals surface area contributed by atoms with E-state index in [1.807, 2.05) is 4.72 Å². The second-order valence-electron chi connectivity index (χ2n) is 4.13. The van der Waals surface area contributed by atoms with Gasteiger partial charge >= 0.3 is 0 Å². The number of pyridine rings is 2. The number of aromatic amines is 1. The molecule has 0 saturated heterocycles. The lowest BCUT2D eigenvalue weighted by atomic mass is 10.3. The fourth-order valence-electron chi connectivity index (χ4n) is 1.84. The van der Waals surface area contributed by atoms with E-state index in [1.165, 1.54) is 12.4 Å². The van der Waals surface area contributed by atoms with Crippen molar-refractivity contribution >= 4 is 26.7 Å². The predicted molar refractivity (Wildman–Crippen MR) is 71.1 cm³/mol. The second kappa shape index (κ2) is 4.77. The van der Waals surface area contributed by atoms with Crippen LogP contribution in [0.5, 0.6) is 0 Å². The molecule has 21 heavy (non-hydrogen) atoms. The van der Waals surface area contributed by atoms with Crippen molar-refractivity contribution in [3.8, 4) is 0 Å². The monoisotopic (exact) mass is 310 g/mol. The van der Waals surface area contributed by atoms with Gasteiger partial charge in [-0.15, -0.1) is 0 Å². The number of sulfonamides is 1. The molecule has 9 heteroatoms. The third-order valence-corrected chi connectivity index (χ3v) is 4.17. The first-order valence-electron chi connectivity index (χ1n) is 5.74. The SMILES string of the molecule is O=S(=O)(Nc1ccc(F)nc1F)c1c[nH]c2ncccc12. The number of nitrogens with one attached hydrogen (secondary N) is 2. The average Bonchev–Trinajstić information content (AvgIpc) is 2.86. The average molecular weight is 310 g/mol. The molecule has 0 atom stereocenters. The molecule has 0 aromatic carbocycles. The molecule has 2 N–H and O–H groups in total. The molecule has 0 aliphatic heterocycles. The van der Waals surface area contributed by atoms with E-state index in [4.69, 9.17) is 0 Å². The third kappa shape index (κ3) is 2.42. The topological polar surface area (TPSA) is 87.7 Å². The van der Waals surface area contributed by atoms with Gasteiger partial charge in [-0.3, -0.25) is 4.72 Å². The molecule has 0 amide bonds. The van der Waals surface area contributed by atoms with Gasteiger partial charge in [0, 0.05) is 17.8 Å². The number of hydrogen-bond acceptors (Lipinski definition) is 4. The lowest BCUT2D eigenvalue weighted by Crippen LogP contribution is -2.14. The number of nitrogens with zero attached hydrogens (tertiary/aromatic N) is 2. The Bertz CT molecular complexity index is 924. The number of rotatable bonds is 3. The van der Waals surface area contributed by atoms with Gasteiger partial charge < -0.3 is 4.98 Å². The summed E-state index contributed by atoms with van der Waals surface area (Å²) in [5.74, 6) is -2.27. The van der Waals surface area contributed by atoms with Crippen LogP contribution in [0.1, 0.15) is 0 Å². The van der Waals surface area contributed by atoms with E-state index in [2.05, 4.69) is 15.0 Å². The van der Waals surface area contributed by atoms with Crippen LogP contribution in [0.15, 0.2) is 41.6 Å². The Hall–Kier alpha value is -2.55. The van der Waals surface area contributed by atoms with E-state index < -0.39 is 27.6 Å². The van der Waals surface area contributed by atoms with Crippen LogP contribution in [0.4, 0.5) is 14.5 Å². The highest BCUT2D eigenvalue weighted by molar-refractivity contribution is 7.93. The molecule has 6 nitrogen and oxygen atoms in total. The van der Waals surface area contributed by atoms with Crippen molar-refractivity contribution < 1.29 is 17.2 Å². The van der Waals surface area contributed by atoms with Crippen molar-refractivity contribution in [1.82, 2.24) is 15.0 Å². The van der Waals surface area contributed by atoms with Crippen molar-refractivity contribution in [1.29, 1.82) is 0 Å². The van der Waals surface area contributed by atoms with Gasteiger partial charge in [0.25, 0.3) is 10.0 Å². The van der Waals surface area contributed by atoms with Gasteiger partial charge in [-0.2, -0.15) is 13.8 Å². The van der Waals surface area contributed by atoms with Gasteiger partial charge in [0.05, 0.1) is 0 Å². The van der Waals surface area contributed by atoms with Gasteiger partial charge in [0.15, 0.2) is 0 Å². The van der Waals surface area contributed by atoms with E-state index >= 15 is 0 Å². The molecule has 0 spiro atoms. The summed E-state index contributed by atoms with van der Waals surface area (Å²) < 4.78 is 52.7. The zero-order chi connectivity index (χ0) is 15.0. The highest BCUT2D eigenvalue weighted by Gasteiger charge is 2.21. The Labute approximate surface area is 117 Å². The molecule has 3 aromatic heterocycles. The molecule has 0 fully saturated rings. The second-order valence-corrected chi connectivity index (χ2v) is 5.78. The molecule has 3 aromatic rings. The molecule has 3 rings (SSSR count). The van der Waals surface area contributed by atoms with Crippen LogP contribution < -0.4 is 4.72 Å². The van der Waals surface area contributed by atoms with Gasteiger partial charge in [-0.05, 0) is 24.3 Å². The summed E-state index contributed by atoms with van der Waals surface area (Å²) in [6, 6.07) is 4.96. The van der Waals surface area contributed by atoms with Crippen LogP contribution in [0.3, 0.4) is 0 Å². The first-order chi connectivity index (χ1) is 9.97. The Morgan fingerprint density at radius 2 is 2.00 bits per heavy atom. The molecule has 0 aliphatic carbocycles. The summed E-state index contributed by atoms with van der Waals surface area (Å²) in [6.07, 6.45) is 2.75. The Kier molecular flexibility index (Phi) is 3.05. The maximum Gasteiger partial charge on any atom is 0.264 e. The largest absolute Gasteiger partial charge is 0.345 e. The highest BCUT2D eigenvalue weighted by atomic mass is 32.2. The van der Waals surface area contributed by atoms with E-state index in [0.29, 0.717) is 11.0 Å². The molecule has 3 heterocycles. The van der Waals surface area contributed by atoms with Crippen LogP contribution in [0.2, 0.25) is 0 Å². The number of fused-ring (bicyclic) bond motifs is 1. The van der Waals surface area contributed by atoms with E-state index in [1.54, 1.807) is 12.1 Å². The number of anilines is 1. The van der Waals surface area contributed by atoms with Crippen LogP contribution in [-0.2, 0) is 10.0 Å². The number of halogens is 2. The summed E-state index contributed by atoms with van der Waals surface area (Å²) in [6.45, 7) is 0. The summed E-state index contributed by atoms with van der Waals surface area (Å²) in [5.41, 5.74) is -0.0507. The third-order valence-electron chi connectivity index (χ3n) is 2.76. The summed E-state index contributed by atoms with van der Waals surface area (Å²) in [7, 11) is -4.06. The molecular formula is C12H8F2N4O2S. The van der Waals surface area contributed by atoms with E-state index in [-0.39, 0.29) is 4.90 Å². The van der Waals surface area contributed by atoms with Gasteiger partial charge in [-0.1, -0.05) is 0 Å². The van der Waals surface area contributed by atoms with Crippen LogP contribution in [-0.4, -0.2) is 23.4 Å². The molecule has 0 unspecified atom stereocenters. The number of H-pyrrole nitrogens is 1. The van der Waals surface area contributed by atoms with Gasteiger partial charge in [-0.25, -0.2) is 13.4 Å². The standard InChI is InChI=1S/C12H8F2N4O2S/c13-10-4-3-8(11(14)17-10)18-21(19,20)9-6-16-12-7(9)2-1-5-15-12/h1-6,18H,(H,15,16). The maximum atomic E-state index is 13.4. The van der Waals surface area contributed by atoms with E-state index in [9.17, 15) is 17.2 Å². The summed E-state index contributed by atoms with van der Waals surface area (Å²) in [4.78, 5) is 9.50. The van der Waals surface area contributed by atoms with Crippen LogP contribution in [0.25, 0.3) is 11.0 Å². The fraction of sp³-hybridized carbons (Fsp3) is 0. The molecule has 108 valence electrons. The Morgan fingerprint density at radius 3 is 2.76 bits per heavy atom. The van der Waals surface area contributed by atoms with Crippen molar-refractivity contribution in [2.75, 3.05) is 4.72 Å². The Morgan fingerprint density at radius 1 is 1.19 bits per heavy atom. The van der Waals surface area contributed by atoms with Crippen molar-refractivity contribution in [3.63, 3.8) is 0 Å². The molecular weight excluding hydrogens is 302 g/mol. The first kappa shape index (κ1) is 13.4. The van der Waals surface area contributed by atoms with Crippen molar-refractivity contribution in [3.05, 3.63) is 48.6 Å². The number of hydrogen-bond donors (Lipinski definition) is 2. The minimum absolute atomic E-state index is 0.0886. The van der Waals surface area contributed by atoms with Crippen LogP contribution >= 0.6 is 0 Å². The normalized spacial score (nSPS) is 11.7. The molecule has 0 radical (unpaired) electrons. The minimum atomic E-state index is -4.06. The lowest BCUT2D eigenvalue weighted by molar-refractivity contribution is 0.515. The molecule has 0 aliphatic rings. The smallest absolute Gasteiger partial charge is 0.264 e.